The highest BCUT2D eigenvalue weighted by atomic mass is 35.5. The van der Waals surface area contributed by atoms with Gasteiger partial charge in [-0.1, -0.05) is 0 Å². The highest BCUT2D eigenvalue weighted by Gasteiger charge is 2.17. The lowest BCUT2D eigenvalue weighted by molar-refractivity contribution is 0.0381. The predicted octanol–water partition coefficient (Wildman–Crippen LogP) is 1.41. The summed E-state index contributed by atoms with van der Waals surface area (Å²) in [6, 6.07) is 2.97. The van der Waals surface area contributed by atoms with Gasteiger partial charge in [0.15, 0.2) is 0 Å². The maximum Gasteiger partial charge on any atom is 0.335 e. The van der Waals surface area contributed by atoms with Crippen molar-refractivity contribution in [2.24, 2.45) is 0 Å². The van der Waals surface area contributed by atoms with Gasteiger partial charge >= 0.3 is 5.97 Å². The van der Waals surface area contributed by atoms with Crippen molar-refractivity contribution in [2.75, 3.05) is 43.3 Å². The van der Waals surface area contributed by atoms with Gasteiger partial charge in [-0.3, -0.25) is 9.62 Å². The molecule has 0 spiro atoms. The smallest absolute Gasteiger partial charge is 0.335 e. The van der Waals surface area contributed by atoms with Crippen molar-refractivity contribution in [2.45, 2.75) is 6.42 Å². The molecule has 10 heteroatoms. The summed E-state index contributed by atoms with van der Waals surface area (Å²) in [5, 5.41) is 8.87. The van der Waals surface area contributed by atoms with Crippen molar-refractivity contribution in [3.05, 3.63) is 29.6 Å². The van der Waals surface area contributed by atoms with E-state index in [4.69, 9.17) is 9.84 Å². The molecule has 1 aromatic carbocycles. The van der Waals surface area contributed by atoms with E-state index in [-0.39, 0.29) is 29.4 Å². The van der Waals surface area contributed by atoms with E-state index in [1.807, 2.05) is 0 Å². The number of carbonyl (C=O) groups is 1. The molecule has 0 saturated carbocycles. The third-order valence-electron chi connectivity index (χ3n) is 3.47. The summed E-state index contributed by atoms with van der Waals surface area (Å²) in [6.45, 7) is 3.42. The summed E-state index contributed by atoms with van der Waals surface area (Å²) in [5.41, 5.74) is -0.534. The van der Waals surface area contributed by atoms with E-state index in [1.54, 1.807) is 0 Å². The van der Waals surface area contributed by atoms with Gasteiger partial charge in [0.2, 0.25) is 10.0 Å². The summed E-state index contributed by atoms with van der Waals surface area (Å²) in [4.78, 5) is 13.0. The van der Waals surface area contributed by atoms with E-state index in [0.29, 0.717) is 26.2 Å². The first-order valence-corrected chi connectivity index (χ1v) is 8.86. The zero-order valence-electron chi connectivity index (χ0n) is 12.9. The average molecular weight is 383 g/mol. The van der Waals surface area contributed by atoms with Gasteiger partial charge < -0.3 is 9.84 Å². The number of carboxylic acids is 1. The molecule has 24 heavy (non-hydrogen) atoms. The standard InChI is InChI=1S/C14H19FN2O5S.ClH/c15-12-3-2-11(14(18)19)10-13(12)16-23(20,21)9-1-4-17-5-7-22-8-6-17;/h2-3,10,16H,1,4-9H2,(H,18,19);1H. The molecule has 1 aromatic rings. The Morgan fingerprint density at radius 3 is 2.62 bits per heavy atom. The van der Waals surface area contributed by atoms with Crippen LogP contribution in [0.1, 0.15) is 16.8 Å². The molecule has 0 unspecified atom stereocenters. The second kappa shape index (κ2) is 9.16. The van der Waals surface area contributed by atoms with Gasteiger partial charge in [-0.2, -0.15) is 0 Å². The molecule has 1 saturated heterocycles. The molecule has 2 N–H and O–H groups in total. The first kappa shape index (κ1) is 20.6. The summed E-state index contributed by atoms with van der Waals surface area (Å²) in [7, 11) is -3.74. The largest absolute Gasteiger partial charge is 0.478 e. The molecule has 1 aliphatic heterocycles. The molecular formula is C14H20ClFN2O5S. The highest BCUT2D eigenvalue weighted by molar-refractivity contribution is 7.92. The number of sulfonamides is 1. The quantitative estimate of drug-likeness (QED) is 0.740. The summed E-state index contributed by atoms with van der Waals surface area (Å²) in [6.07, 6.45) is 0.398. The van der Waals surface area contributed by atoms with Gasteiger partial charge in [-0.25, -0.2) is 17.6 Å². The normalized spacial score (nSPS) is 15.5. The van der Waals surface area contributed by atoms with Crippen LogP contribution in [0.15, 0.2) is 18.2 Å². The Morgan fingerprint density at radius 1 is 1.33 bits per heavy atom. The third kappa shape index (κ3) is 6.23. The Bertz CT molecular complexity index is 665. The third-order valence-corrected chi connectivity index (χ3v) is 4.83. The number of nitrogens with one attached hydrogen (secondary N) is 1. The number of anilines is 1. The number of ether oxygens (including phenoxy) is 1. The van der Waals surface area contributed by atoms with Gasteiger partial charge in [0, 0.05) is 13.1 Å². The second-order valence-corrected chi connectivity index (χ2v) is 7.07. The monoisotopic (exact) mass is 382 g/mol. The van der Waals surface area contributed by atoms with Crippen molar-refractivity contribution in [1.82, 2.24) is 4.90 Å². The molecule has 1 fully saturated rings. The number of halogens is 2. The molecule has 136 valence electrons. The fourth-order valence-electron chi connectivity index (χ4n) is 2.26. The minimum atomic E-state index is -3.74. The minimum absolute atomic E-state index is 0. The molecular weight excluding hydrogens is 363 g/mol. The fourth-order valence-corrected chi connectivity index (χ4v) is 3.36. The van der Waals surface area contributed by atoms with Crippen LogP contribution in [0.3, 0.4) is 0 Å². The van der Waals surface area contributed by atoms with Crippen LogP contribution in [0.25, 0.3) is 0 Å². The molecule has 0 aromatic heterocycles. The van der Waals surface area contributed by atoms with Gasteiger partial charge in [0.1, 0.15) is 5.82 Å². The van der Waals surface area contributed by atoms with Crippen molar-refractivity contribution >= 4 is 34.1 Å². The van der Waals surface area contributed by atoms with Gasteiger partial charge in [-0.05, 0) is 31.2 Å². The molecule has 7 nitrogen and oxygen atoms in total. The number of nitrogens with zero attached hydrogens (tertiary/aromatic N) is 1. The minimum Gasteiger partial charge on any atom is -0.478 e. The van der Waals surface area contributed by atoms with Crippen molar-refractivity contribution < 1.29 is 27.4 Å². The zero-order chi connectivity index (χ0) is 16.9. The number of benzene rings is 1. The summed E-state index contributed by atoms with van der Waals surface area (Å²) in [5.74, 6) is -2.23. The van der Waals surface area contributed by atoms with Crippen molar-refractivity contribution in [3.8, 4) is 0 Å². The SMILES string of the molecule is Cl.O=C(O)c1ccc(F)c(NS(=O)(=O)CCCN2CCOCC2)c1. The number of aromatic carboxylic acids is 1. The Hall–Kier alpha value is -1.42. The molecule has 0 amide bonds. The fraction of sp³-hybridized carbons (Fsp3) is 0.500. The molecule has 0 aliphatic carbocycles. The number of rotatable bonds is 7. The predicted molar refractivity (Wildman–Crippen MR) is 89.9 cm³/mol. The maximum absolute atomic E-state index is 13.6. The first-order chi connectivity index (χ1) is 10.9. The average Bonchev–Trinajstić information content (AvgIpc) is 2.50. The molecule has 2 rings (SSSR count). The number of carboxylic acid groups (broad SMARTS) is 1. The van der Waals surface area contributed by atoms with Crippen LogP contribution in [0.4, 0.5) is 10.1 Å². The number of hydrogen-bond acceptors (Lipinski definition) is 5. The molecule has 0 radical (unpaired) electrons. The van der Waals surface area contributed by atoms with Gasteiger partial charge in [0.05, 0.1) is 30.2 Å². The van der Waals surface area contributed by atoms with Crippen LogP contribution in [-0.4, -0.2) is 63.0 Å². The molecule has 0 bridgehead atoms. The number of hydrogen-bond donors (Lipinski definition) is 2. The van der Waals surface area contributed by atoms with Crippen LogP contribution in [0, 0.1) is 5.82 Å². The van der Waals surface area contributed by atoms with E-state index in [0.717, 1.165) is 31.3 Å². The summed E-state index contributed by atoms with van der Waals surface area (Å²) >= 11 is 0. The van der Waals surface area contributed by atoms with Crippen LogP contribution in [-0.2, 0) is 14.8 Å². The molecule has 0 atom stereocenters. The van der Waals surface area contributed by atoms with Gasteiger partial charge in [0.25, 0.3) is 0 Å². The van der Waals surface area contributed by atoms with E-state index < -0.39 is 21.8 Å². The van der Waals surface area contributed by atoms with Crippen molar-refractivity contribution in [1.29, 1.82) is 0 Å². The van der Waals surface area contributed by atoms with E-state index in [2.05, 4.69) is 9.62 Å². The lowest BCUT2D eigenvalue weighted by Crippen LogP contribution is -2.37. The molecule has 1 aliphatic rings. The molecule has 1 heterocycles. The zero-order valence-corrected chi connectivity index (χ0v) is 14.5. The van der Waals surface area contributed by atoms with Crippen molar-refractivity contribution in [3.63, 3.8) is 0 Å². The lowest BCUT2D eigenvalue weighted by atomic mass is 10.2. The Kier molecular flexibility index (Phi) is 7.88. The lowest BCUT2D eigenvalue weighted by Gasteiger charge is -2.26. The topological polar surface area (TPSA) is 95.9 Å². The Labute approximate surface area is 146 Å². The summed E-state index contributed by atoms with van der Waals surface area (Å²) < 4.78 is 45.0. The van der Waals surface area contributed by atoms with Crippen LogP contribution in [0.5, 0.6) is 0 Å². The van der Waals surface area contributed by atoms with E-state index in [9.17, 15) is 17.6 Å². The Morgan fingerprint density at radius 2 is 2.00 bits per heavy atom. The van der Waals surface area contributed by atoms with Crippen LogP contribution >= 0.6 is 12.4 Å². The van der Waals surface area contributed by atoms with E-state index in [1.165, 1.54) is 0 Å². The highest BCUT2D eigenvalue weighted by Crippen LogP contribution is 2.18. The van der Waals surface area contributed by atoms with Crippen LogP contribution in [0.2, 0.25) is 0 Å². The van der Waals surface area contributed by atoms with Crippen LogP contribution < -0.4 is 4.72 Å². The Balaban J connectivity index is 0.00000288. The second-order valence-electron chi connectivity index (χ2n) is 5.23. The van der Waals surface area contributed by atoms with Gasteiger partial charge in [-0.15, -0.1) is 12.4 Å². The maximum atomic E-state index is 13.6. The first-order valence-electron chi connectivity index (χ1n) is 7.21. The van der Waals surface area contributed by atoms with E-state index >= 15 is 0 Å². The number of morpholine rings is 1.